The predicted molar refractivity (Wildman–Crippen MR) is 68.8 cm³/mol. The first-order valence-electron chi connectivity index (χ1n) is 5.64. The second kappa shape index (κ2) is 5.47. The van der Waals surface area contributed by atoms with Crippen LogP contribution in [0, 0.1) is 0 Å². The van der Waals surface area contributed by atoms with E-state index in [1.54, 1.807) is 0 Å². The zero-order valence-corrected chi connectivity index (χ0v) is 9.53. The third-order valence-corrected chi connectivity index (χ3v) is 2.57. The molecular formula is C13H17N3. The Labute approximate surface area is 95.9 Å². The van der Waals surface area contributed by atoms with Crippen LogP contribution in [0.15, 0.2) is 36.5 Å². The summed E-state index contributed by atoms with van der Waals surface area (Å²) >= 11 is 0. The Morgan fingerprint density at radius 2 is 2.00 bits per heavy atom. The average molecular weight is 215 g/mol. The second-order valence-electron chi connectivity index (χ2n) is 3.76. The summed E-state index contributed by atoms with van der Waals surface area (Å²) in [6.45, 7) is 2.02. The van der Waals surface area contributed by atoms with Crippen LogP contribution >= 0.6 is 0 Å². The van der Waals surface area contributed by atoms with Gasteiger partial charge < -0.3 is 10.6 Å². The molecule has 1 aromatic carbocycles. The fourth-order valence-electron chi connectivity index (χ4n) is 1.74. The third-order valence-electron chi connectivity index (χ3n) is 2.57. The number of nitrogens with one attached hydrogen (secondary N) is 2. The number of fused-ring (bicyclic) bond motifs is 1. The Hall–Kier alpha value is -1.61. The summed E-state index contributed by atoms with van der Waals surface area (Å²) in [5, 5.41) is 7.77. The molecule has 1 aromatic heterocycles. The molecule has 2 aromatic rings. The Kier molecular flexibility index (Phi) is 3.72. The number of benzene rings is 1. The molecule has 16 heavy (non-hydrogen) atoms. The van der Waals surface area contributed by atoms with Crippen molar-refractivity contribution in [1.29, 1.82) is 0 Å². The second-order valence-corrected chi connectivity index (χ2v) is 3.76. The minimum Gasteiger partial charge on any atom is -0.384 e. The Morgan fingerprint density at radius 3 is 2.88 bits per heavy atom. The van der Waals surface area contributed by atoms with E-state index in [1.807, 2.05) is 37.5 Å². The van der Waals surface area contributed by atoms with Gasteiger partial charge in [0.05, 0.1) is 5.52 Å². The maximum Gasteiger partial charge on any atom is 0.0722 e. The smallest absolute Gasteiger partial charge is 0.0722 e. The lowest BCUT2D eigenvalue weighted by atomic mass is 10.2. The Balaban J connectivity index is 2.11. The van der Waals surface area contributed by atoms with Gasteiger partial charge >= 0.3 is 0 Å². The first-order valence-corrected chi connectivity index (χ1v) is 5.64. The first-order chi connectivity index (χ1) is 7.92. The topological polar surface area (TPSA) is 37.0 Å². The van der Waals surface area contributed by atoms with Gasteiger partial charge in [-0.15, -0.1) is 0 Å². The van der Waals surface area contributed by atoms with Gasteiger partial charge in [0, 0.05) is 23.8 Å². The van der Waals surface area contributed by atoms with Crippen LogP contribution in [0.2, 0.25) is 0 Å². The number of nitrogens with zero attached hydrogens (tertiary/aromatic N) is 1. The van der Waals surface area contributed by atoms with Gasteiger partial charge in [-0.05, 0) is 32.1 Å². The largest absolute Gasteiger partial charge is 0.384 e. The minimum absolute atomic E-state index is 0.981. The lowest BCUT2D eigenvalue weighted by Gasteiger charge is -2.08. The summed E-state index contributed by atoms with van der Waals surface area (Å²) < 4.78 is 0. The quantitative estimate of drug-likeness (QED) is 0.751. The number of hydrogen-bond acceptors (Lipinski definition) is 3. The molecule has 2 N–H and O–H groups in total. The summed E-state index contributed by atoms with van der Waals surface area (Å²) in [6, 6.07) is 10.2. The van der Waals surface area contributed by atoms with Gasteiger partial charge in [0.15, 0.2) is 0 Å². The molecule has 1 heterocycles. The van der Waals surface area contributed by atoms with Crippen molar-refractivity contribution in [2.75, 3.05) is 25.5 Å². The molecule has 0 atom stereocenters. The van der Waals surface area contributed by atoms with Crippen molar-refractivity contribution < 1.29 is 0 Å². The Bertz CT molecular complexity index is 448. The number of pyridine rings is 1. The Morgan fingerprint density at radius 1 is 1.12 bits per heavy atom. The van der Waals surface area contributed by atoms with Crippen LogP contribution in [0.25, 0.3) is 10.9 Å². The van der Waals surface area contributed by atoms with Gasteiger partial charge in [-0.25, -0.2) is 0 Å². The maximum atomic E-state index is 4.33. The van der Waals surface area contributed by atoms with E-state index < -0.39 is 0 Å². The molecule has 3 heteroatoms. The van der Waals surface area contributed by atoms with Crippen LogP contribution in [-0.2, 0) is 0 Å². The van der Waals surface area contributed by atoms with Gasteiger partial charge in [-0.3, -0.25) is 4.98 Å². The fraction of sp³-hybridized carbons (Fsp3) is 0.308. The molecule has 84 valence electrons. The van der Waals surface area contributed by atoms with Crippen molar-refractivity contribution in [1.82, 2.24) is 10.3 Å². The molecule has 0 saturated carbocycles. The first kappa shape index (κ1) is 10.9. The highest BCUT2D eigenvalue weighted by atomic mass is 14.9. The standard InChI is InChI=1S/C13H17N3/c1-14-8-4-9-15-13-7-10-16-12-6-3-2-5-11(12)13/h2-3,5-7,10,14H,4,8-9H2,1H3,(H,15,16). The molecule has 0 saturated heterocycles. The van der Waals surface area contributed by atoms with Gasteiger partial charge in [0.1, 0.15) is 0 Å². The number of anilines is 1. The van der Waals surface area contributed by atoms with Crippen LogP contribution in [0.3, 0.4) is 0 Å². The molecule has 0 amide bonds. The monoisotopic (exact) mass is 215 g/mol. The molecular weight excluding hydrogens is 198 g/mol. The zero-order chi connectivity index (χ0) is 11.2. The lowest BCUT2D eigenvalue weighted by molar-refractivity contribution is 0.748. The molecule has 2 rings (SSSR count). The van der Waals surface area contributed by atoms with E-state index in [9.17, 15) is 0 Å². The van der Waals surface area contributed by atoms with Crippen molar-refractivity contribution in [3.8, 4) is 0 Å². The van der Waals surface area contributed by atoms with E-state index in [0.29, 0.717) is 0 Å². The van der Waals surface area contributed by atoms with Crippen molar-refractivity contribution in [2.45, 2.75) is 6.42 Å². The molecule has 0 aliphatic carbocycles. The number of aromatic nitrogens is 1. The summed E-state index contributed by atoms with van der Waals surface area (Å²) in [5.41, 5.74) is 2.21. The molecule has 0 radical (unpaired) electrons. The summed E-state index contributed by atoms with van der Waals surface area (Å²) in [7, 11) is 1.97. The molecule has 0 aliphatic heterocycles. The van der Waals surface area contributed by atoms with E-state index in [0.717, 1.165) is 25.0 Å². The van der Waals surface area contributed by atoms with Crippen LogP contribution < -0.4 is 10.6 Å². The van der Waals surface area contributed by atoms with E-state index in [4.69, 9.17) is 0 Å². The predicted octanol–water partition coefficient (Wildman–Crippen LogP) is 2.26. The highest BCUT2D eigenvalue weighted by Gasteiger charge is 1.99. The molecule has 0 bridgehead atoms. The van der Waals surface area contributed by atoms with E-state index in [1.165, 1.54) is 11.1 Å². The van der Waals surface area contributed by atoms with E-state index in [2.05, 4.69) is 21.7 Å². The minimum atomic E-state index is 0.981. The van der Waals surface area contributed by atoms with Crippen LogP contribution in [0.1, 0.15) is 6.42 Å². The van der Waals surface area contributed by atoms with Crippen LogP contribution in [-0.4, -0.2) is 25.1 Å². The van der Waals surface area contributed by atoms with Gasteiger partial charge in [-0.2, -0.15) is 0 Å². The molecule has 0 spiro atoms. The van der Waals surface area contributed by atoms with Crippen molar-refractivity contribution in [2.24, 2.45) is 0 Å². The molecule has 0 fully saturated rings. The zero-order valence-electron chi connectivity index (χ0n) is 9.53. The van der Waals surface area contributed by atoms with Crippen LogP contribution in [0.5, 0.6) is 0 Å². The van der Waals surface area contributed by atoms with Crippen molar-refractivity contribution in [3.63, 3.8) is 0 Å². The summed E-state index contributed by atoms with van der Waals surface area (Å²) in [4.78, 5) is 4.33. The fourth-order valence-corrected chi connectivity index (χ4v) is 1.74. The normalized spacial score (nSPS) is 10.6. The van der Waals surface area contributed by atoms with Crippen molar-refractivity contribution in [3.05, 3.63) is 36.5 Å². The van der Waals surface area contributed by atoms with Crippen molar-refractivity contribution >= 4 is 16.6 Å². The van der Waals surface area contributed by atoms with Crippen LogP contribution in [0.4, 0.5) is 5.69 Å². The maximum absolute atomic E-state index is 4.33. The van der Waals surface area contributed by atoms with Gasteiger partial charge in [0.2, 0.25) is 0 Å². The van der Waals surface area contributed by atoms with E-state index in [-0.39, 0.29) is 0 Å². The number of hydrogen-bond donors (Lipinski definition) is 2. The average Bonchev–Trinajstić information content (AvgIpc) is 2.35. The van der Waals surface area contributed by atoms with E-state index >= 15 is 0 Å². The summed E-state index contributed by atoms with van der Waals surface area (Å²) in [5.74, 6) is 0. The lowest BCUT2D eigenvalue weighted by Crippen LogP contribution is -2.12. The van der Waals surface area contributed by atoms with Gasteiger partial charge in [-0.1, -0.05) is 18.2 Å². The summed E-state index contributed by atoms with van der Waals surface area (Å²) in [6.07, 6.45) is 2.97. The SMILES string of the molecule is CNCCCNc1ccnc2ccccc12. The highest BCUT2D eigenvalue weighted by molar-refractivity contribution is 5.90. The van der Waals surface area contributed by atoms with Gasteiger partial charge in [0.25, 0.3) is 0 Å². The highest BCUT2D eigenvalue weighted by Crippen LogP contribution is 2.20. The third kappa shape index (κ3) is 2.49. The molecule has 0 aliphatic rings. The number of rotatable bonds is 5. The number of para-hydroxylation sites is 1. The molecule has 0 unspecified atom stereocenters. The molecule has 3 nitrogen and oxygen atoms in total.